The Balaban J connectivity index is 2.28. The Labute approximate surface area is 85.6 Å². The summed E-state index contributed by atoms with van der Waals surface area (Å²) in [6, 6.07) is 11.3. The minimum Gasteiger partial charge on any atom is -0.396 e. The summed E-state index contributed by atoms with van der Waals surface area (Å²) >= 11 is 7.18. The zero-order valence-electron chi connectivity index (χ0n) is 6.77. The lowest BCUT2D eigenvalue weighted by atomic mass is 10.1. The molecule has 1 atom stereocenters. The zero-order valence-corrected chi connectivity index (χ0v) is 8.35. The SMILES string of the molecule is OC(c1cc[cH-]c1)c1ccc(Cl)s1. The number of aliphatic hydroxyl groups is 1. The summed E-state index contributed by atoms with van der Waals surface area (Å²) in [5.41, 5.74) is 0.915. The quantitative estimate of drug-likeness (QED) is 0.757. The van der Waals surface area contributed by atoms with E-state index in [-0.39, 0.29) is 0 Å². The van der Waals surface area contributed by atoms with Gasteiger partial charge in [0.15, 0.2) is 0 Å². The fraction of sp³-hybridized carbons (Fsp3) is 0.100. The lowest BCUT2D eigenvalue weighted by Crippen LogP contribution is -1.93. The van der Waals surface area contributed by atoms with Crippen molar-refractivity contribution in [2.45, 2.75) is 6.10 Å². The van der Waals surface area contributed by atoms with Gasteiger partial charge in [-0.2, -0.15) is 23.8 Å². The summed E-state index contributed by atoms with van der Waals surface area (Å²) in [5.74, 6) is 0. The summed E-state index contributed by atoms with van der Waals surface area (Å²) in [5, 5.41) is 9.85. The van der Waals surface area contributed by atoms with Crippen molar-refractivity contribution in [3.8, 4) is 0 Å². The Morgan fingerprint density at radius 1 is 1.38 bits per heavy atom. The average Bonchev–Trinajstić information content (AvgIpc) is 2.72. The summed E-state index contributed by atoms with van der Waals surface area (Å²) in [6.45, 7) is 0. The predicted octanol–water partition coefficient (Wildman–Crippen LogP) is 3.20. The zero-order chi connectivity index (χ0) is 9.26. The maximum atomic E-state index is 9.85. The predicted molar refractivity (Wildman–Crippen MR) is 55.4 cm³/mol. The first-order valence-corrected chi connectivity index (χ1v) is 5.12. The summed E-state index contributed by atoms with van der Waals surface area (Å²) < 4.78 is 0.709. The third-order valence-electron chi connectivity index (χ3n) is 1.87. The van der Waals surface area contributed by atoms with Crippen molar-refractivity contribution in [1.82, 2.24) is 0 Å². The molecule has 0 aliphatic carbocycles. The van der Waals surface area contributed by atoms with Gasteiger partial charge in [-0.25, -0.2) is 6.07 Å². The van der Waals surface area contributed by atoms with E-state index in [0.29, 0.717) is 4.34 Å². The third kappa shape index (κ3) is 1.80. The molecule has 0 bridgehead atoms. The summed E-state index contributed by atoms with van der Waals surface area (Å²) in [7, 11) is 0. The van der Waals surface area contributed by atoms with Gasteiger partial charge in [0.25, 0.3) is 0 Å². The molecule has 1 unspecified atom stereocenters. The van der Waals surface area contributed by atoms with Crippen molar-refractivity contribution in [2.75, 3.05) is 0 Å². The molecule has 0 amide bonds. The van der Waals surface area contributed by atoms with Crippen LogP contribution < -0.4 is 0 Å². The fourth-order valence-electron chi connectivity index (χ4n) is 1.21. The van der Waals surface area contributed by atoms with Crippen molar-refractivity contribution in [3.63, 3.8) is 0 Å². The Morgan fingerprint density at radius 2 is 2.23 bits per heavy atom. The van der Waals surface area contributed by atoms with E-state index in [9.17, 15) is 5.11 Å². The Morgan fingerprint density at radius 3 is 2.77 bits per heavy atom. The van der Waals surface area contributed by atoms with Crippen LogP contribution in [0.5, 0.6) is 0 Å². The maximum Gasteiger partial charge on any atom is 0.0931 e. The van der Waals surface area contributed by atoms with Gasteiger partial charge in [-0.1, -0.05) is 11.6 Å². The van der Waals surface area contributed by atoms with Gasteiger partial charge in [-0.05, 0) is 12.1 Å². The molecule has 1 N–H and O–H groups in total. The van der Waals surface area contributed by atoms with Gasteiger partial charge in [-0.3, -0.25) is 0 Å². The molecule has 0 aliphatic heterocycles. The molecule has 0 radical (unpaired) electrons. The van der Waals surface area contributed by atoms with E-state index in [2.05, 4.69) is 0 Å². The molecule has 13 heavy (non-hydrogen) atoms. The van der Waals surface area contributed by atoms with Crippen LogP contribution in [0, 0.1) is 0 Å². The molecule has 1 aromatic heterocycles. The molecule has 1 heterocycles. The first kappa shape index (κ1) is 8.88. The van der Waals surface area contributed by atoms with E-state index < -0.39 is 6.10 Å². The second-order valence-electron chi connectivity index (χ2n) is 2.76. The lowest BCUT2D eigenvalue weighted by Gasteiger charge is -2.11. The highest BCUT2D eigenvalue weighted by atomic mass is 35.5. The second kappa shape index (κ2) is 3.58. The largest absolute Gasteiger partial charge is 0.396 e. The molecule has 1 nitrogen and oxygen atoms in total. The summed E-state index contributed by atoms with van der Waals surface area (Å²) in [6.07, 6.45) is -0.535. The van der Waals surface area contributed by atoms with Gasteiger partial charge in [0.2, 0.25) is 0 Å². The second-order valence-corrected chi connectivity index (χ2v) is 4.51. The van der Waals surface area contributed by atoms with E-state index in [1.54, 1.807) is 6.07 Å². The van der Waals surface area contributed by atoms with E-state index in [1.807, 2.05) is 30.3 Å². The molecule has 0 saturated carbocycles. The highest BCUT2D eigenvalue weighted by molar-refractivity contribution is 7.16. The smallest absolute Gasteiger partial charge is 0.0931 e. The first-order chi connectivity index (χ1) is 6.27. The fourth-order valence-corrected chi connectivity index (χ4v) is 2.29. The van der Waals surface area contributed by atoms with Crippen LogP contribution in [0.25, 0.3) is 0 Å². The van der Waals surface area contributed by atoms with Crippen LogP contribution in [-0.4, -0.2) is 5.11 Å². The third-order valence-corrected chi connectivity index (χ3v) is 3.15. The number of aliphatic hydroxyl groups excluding tert-OH is 1. The highest BCUT2D eigenvalue weighted by Gasteiger charge is 2.06. The van der Waals surface area contributed by atoms with E-state index in [0.717, 1.165) is 10.4 Å². The number of halogens is 1. The number of rotatable bonds is 2. The lowest BCUT2D eigenvalue weighted by molar-refractivity contribution is 0.224. The first-order valence-electron chi connectivity index (χ1n) is 3.92. The van der Waals surface area contributed by atoms with Gasteiger partial charge >= 0.3 is 0 Å². The normalized spacial score (nSPS) is 13.1. The Bertz CT molecular complexity index is 377. The monoisotopic (exact) mass is 211 g/mol. The van der Waals surface area contributed by atoms with E-state index in [1.165, 1.54) is 11.3 Å². The van der Waals surface area contributed by atoms with Crippen LogP contribution in [0.3, 0.4) is 0 Å². The molecule has 2 rings (SSSR count). The van der Waals surface area contributed by atoms with Gasteiger partial charge in [0, 0.05) is 4.88 Å². The van der Waals surface area contributed by atoms with Crippen LogP contribution >= 0.6 is 22.9 Å². The van der Waals surface area contributed by atoms with Gasteiger partial charge in [-0.15, -0.1) is 11.3 Å². The minimum atomic E-state index is -0.535. The van der Waals surface area contributed by atoms with Crippen molar-refractivity contribution < 1.29 is 5.11 Å². The highest BCUT2D eigenvalue weighted by Crippen LogP contribution is 2.30. The van der Waals surface area contributed by atoms with Gasteiger partial charge < -0.3 is 5.11 Å². The van der Waals surface area contributed by atoms with Gasteiger partial charge in [0.05, 0.1) is 10.4 Å². The number of hydrogen-bond acceptors (Lipinski definition) is 2. The van der Waals surface area contributed by atoms with Crippen LogP contribution in [0.2, 0.25) is 4.34 Å². The Kier molecular flexibility index (Phi) is 2.44. The minimum absolute atomic E-state index is 0.535. The van der Waals surface area contributed by atoms with E-state index >= 15 is 0 Å². The van der Waals surface area contributed by atoms with Crippen molar-refractivity contribution in [1.29, 1.82) is 0 Å². The molecular formula is C10H8ClOS-. The van der Waals surface area contributed by atoms with Crippen LogP contribution in [0.4, 0.5) is 0 Å². The Hall–Kier alpha value is -0.700. The average molecular weight is 212 g/mol. The topological polar surface area (TPSA) is 20.2 Å². The van der Waals surface area contributed by atoms with Crippen LogP contribution in [0.1, 0.15) is 16.5 Å². The van der Waals surface area contributed by atoms with Crippen LogP contribution in [-0.2, 0) is 0 Å². The summed E-state index contributed by atoms with van der Waals surface area (Å²) in [4.78, 5) is 0.885. The number of hydrogen-bond donors (Lipinski definition) is 1. The number of thiophene rings is 1. The van der Waals surface area contributed by atoms with Crippen molar-refractivity contribution >= 4 is 22.9 Å². The molecule has 1 aromatic carbocycles. The maximum absolute atomic E-state index is 9.85. The molecule has 2 aromatic rings. The van der Waals surface area contributed by atoms with E-state index in [4.69, 9.17) is 11.6 Å². The molecule has 0 saturated heterocycles. The molecular weight excluding hydrogens is 204 g/mol. The van der Waals surface area contributed by atoms with Crippen LogP contribution in [0.15, 0.2) is 36.4 Å². The molecule has 0 spiro atoms. The van der Waals surface area contributed by atoms with Crippen molar-refractivity contribution in [3.05, 3.63) is 51.2 Å². The standard InChI is InChI=1S/C10H8ClOS/c11-9-6-5-8(13-9)10(12)7-3-1-2-4-7/h1-6,10,12H/q-1. The molecule has 3 heteroatoms. The van der Waals surface area contributed by atoms with Crippen molar-refractivity contribution in [2.24, 2.45) is 0 Å². The molecule has 0 fully saturated rings. The molecule has 68 valence electrons. The molecule has 0 aliphatic rings. The van der Waals surface area contributed by atoms with Gasteiger partial charge in [0.1, 0.15) is 0 Å².